The molecule has 0 unspecified atom stereocenters. The molecule has 2 rings (SSSR count). The first-order valence-corrected chi connectivity index (χ1v) is 4.63. The minimum atomic E-state index is -0.409. The van der Waals surface area contributed by atoms with E-state index >= 15 is 0 Å². The van der Waals surface area contributed by atoms with Crippen molar-refractivity contribution < 1.29 is 4.39 Å². The van der Waals surface area contributed by atoms with E-state index in [9.17, 15) is 4.39 Å². The van der Waals surface area contributed by atoms with Crippen molar-refractivity contribution in [1.82, 2.24) is 9.97 Å². The summed E-state index contributed by atoms with van der Waals surface area (Å²) in [7, 11) is 0. The SMILES string of the molecule is Cc1ccc2nc(Cl)c(Cl)nc2c1F. The second-order valence-electron chi connectivity index (χ2n) is 2.87. The molecule has 2 aromatic rings. The van der Waals surface area contributed by atoms with Crippen molar-refractivity contribution in [3.63, 3.8) is 0 Å². The van der Waals surface area contributed by atoms with E-state index in [1.807, 2.05) is 0 Å². The van der Waals surface area contributed by atoms with E-state index in [2.05, 4.69) is 9.97 Å². The summed E-state index contributed by atoms with van der Waals surface area (Å²) < 4.78 is 13.5. The number of hydrogen-bond acceptors (Lipinski definition) is 2. The van der Waals surface area contributed by atoms with Gasteiger partial charge in [-0.15, -0.1) is 0 Å². The molecule has 0 aliphatic rings. The second-order valence-corrected chi connectivity index (χ2v) is 3.59. The predicted octanol–water partition coefficient (Wildman–Crippen LogP) is 3.38. The van der Waals surface area contributed by atoms with Gasteiger partial charge in [0.25, 0.3) is 0 Å². The third kappa shape index (κ3) is 1.42. The number of benzene rings is 1. The van der Waals surface area contributed by atoms with E-state index in [0.29, 0.717) is 11.1 Å². The molecule has 5 heteroatoms. The first-order chi connectivity index (χ1) is 6.59. The van der Waals surface area contributed by atoms with E-state index in [4.69, 9.17) is 23.2 Å². The molecular formula is C9H5Cl2FN2. The van der Waals surface area contributed by atoms with Crippen LogP contribution >= 0.6 is 23.2 Å². The zero-order chi connectivity index (χ0) is 10.3. The van der Waals surface area contributed by atoms with Gasteiger partial charge in [0.05, 0.1) is 5.52 Å². The maximum atomic E-state index is 13.5. The lowest BCUT2D eigenvalue weighted by Gasteiger charge is -2.02. The van der Waals surface area contributed by atoms with Gasteiger partial charge in [0, 0.05) is 0 Å². The summed E-state index contributed by atoms with van der Waals surface area (Å²) in [6, 6.07) is 3.28. The molecule has 2 nitrogen and oxygen atoms in total. The summed E-state index contributed by atoms with van der Waals surface area (Å²) in [5.74, 6) is -0.409. The molecule has 0 amide bonds. The van der Waals surface area contributed by atoms with Gasteiger partial charge in [-0.1, -0.05) is 29.3 Å². The molecule has 0 radical (unpaired) electrons. The van der Waals surface area contributed by atoms with E-state index in [1.54, 1.807) is 19.1 Å². The van der Waals surface area contributed by atoms with Crippen molar-refractivity contribution in [2.45, 2.75) is 6.92 Å². The Bertz CT molecular complexity index is 514. The number of aromatic nitrogens is 2. The number of nitrogens with zero attached hydrogens (tertiary/aromatic N) is 2. The molecular weight excluding hydrogens is 226 g/mol. The standard InChI is InChI=1S/C9H5Cl2FN2/c1-4-2-3-5-7(6(4)12)14-9(11)8(10)13-5/h2-3H,1H3. The lowest BCUT2D eigenvalue weighted by molar-refractivity contribution is 0.627. The molecule has 1 aromatic heterocycles. The largest absolute Gasteiger partial charge is 0.231 e. The zero-order valence-electron chi connectivity index (χ0n) is 7.18. The van der Waals surface area contributed by atoms with Crippen LogP contribution in [0.5, 0.6) is 0 Å². The van der Waals surface area contributed by atoms with Gasteiger partial charge in [0.1, 0.15) is 5.52 Å². The molecule has 0 bridgehead atoms. The number of halogens is 3. The van der Waals surface area contributed by atoms with Crippen molar-refractivity contribution in [1.29, 1.82) is 0 Å². The monoisotopic (exact) mass is 230 g/mol. The third-order valence-corrected chi connectivity index (χ3v) is 2.51. The average Bonchev–Trinajstić information content (AvgIpc) is 2.15. The average molecular weight is 231 g/mol. The highest BCUT2D eigenvalue weighted by Crippen LogP contribution is 2.23. The highest BCUT2D eigenvalue weighted by molar-refractivity contribution is 6.40. The predicted molar refractivity (Wildman–Crippen MR) is 54.3 cm³/mol. The Labute approximate surface area is 89.7 Å². The fraction of sp³-hybridized carbons (Fsp3) is 0.111. The molecule has 14 heavy (non-hydrogen) atoms. The zero-order valence-corrected chi connectivity index (χ0v) is 8.69. The first kappa shape index (κ1) is 9.62. The molecule has 0 N–H and O–H groups in total. The highest BCUT2D eigenvalue weighted by Gasteiger charge is 2.09. The molecule has 0 atom stereocenters. The molecule has 0 saturated carbocycles. The van der Waals surface area contributed by atoms with Gasteiger partial charge in [0.15, 0.2) is 16.1 Å². The minimum absolute atomic E-state index is 0.0173. The van der Waals surface area contributed by atoms with Crippen LogP contribution in [-0.4, -0.2) is 9.97 Å². The summed E-state index contributed by atoms with van der Waals surface area (Å²) in [6.07, 6.45) is 0. The number of rotatable bonds is 0. The van der Waals surface area contributed by atoms with Crippen LogP contribution in [0.4, 0.5) is 4.39 Å². The summed E-state index contributed by atoms with van der Waals surface area (Å²) >= 11 is 11.3. The molecule has 0 aliphatic heterocycles. The summed E-state index contributed by atoms with van der Waals surface area (Å²) in [6.45, 7) is 1.65. The second kappa shape index (κ2) is 3.33. The Morgan fingerprint density at radius 2 is 1.79 bits per heavy atom. The van der Waals surface area contributed by atoms with Gasteiger partial charge in [-0.2, -0.15) is 0 Å². The molecule has 1 heterocycles. The molecule has 1 aromatic carbocycles. The topological polar surface area (TPSA) is 25.8 Å². The number of fused-ring (bicyclic) bond motifs is 1. The summed E-state index contributed by atoms with van der Waals surface area (Å²) in [4.78, 5) is 7.74. The Kier molecular flexibility index (Phi) is 2.29. The van der Waals surface area contributed by atoms with Gasteiger partial charge in [-0.05, 0) is 18.6 Å². The van der Waals surface area contributed by atoms with Crippen LogP contribution in [0.15, 0.2) is 12.1 Å². The van der Waals surface area contributed by atoms with Gasteiger partial charge < -0.3 is 0 Å². The fourth-order valence-corrected chi connectivity index (χ4v) is 1.41. The van der Waals surface area contributed by atoms with Crippen LogP contribution < -0.4 is 0 Å². The van der Waals surface area contributed by atoms with Crippen LogP contribution in [0.3, 0.4) is 0 Å². The first-order valence-electron chi connectivity index (χ1n) is 3.87. The van der Waals surface area contributed by atoms with Crippen molar-refractivity contribution in [3.8, 4) is 0 Å². The van der Waals surface area contributed by atoms with E-state index in [-0.39, 0.29) is 15.8 Å². The quantitative estimate of drug-likeness (QED) is 0.694. The molecule has 0 spiro atoms. The van der Waals surface area contributed by atoms with Gasteiger partial charge in [-0.25, -0.2) is 14.4 Å². The molecule has 72 valence electrons. The Morgan fingerprint density at radius 3 is 2.50 bits per heavy atom. The van der Waals surface area contributed by atoms with Gasteiger partial charge >= 0.3 is 0 Å². The summed E-state index contributed by atoms with van der Waals surface area (Å²) in [5, 5.41) is 0.103. The van der Waals surface area contributed by atoms with Crippen LogP contribution in [0.1, 0.15) is 5.56 Å². The van der Waals surface area contributed by atoms with Crippen molar-refractivity contribution in [3.05, 3.63) is 33.8 Å². The maximum absolute atomic E-state index is 13.5. The lowest BCUT2D eigenvalue weighted by Crippen LogP contribution is -1.92. The van der Waals surface area contributed by atoms with Crippen LogP contribution in [0, 0.1) is 12.7 Å². The van der Waals surface area contributed by atoms with Crippen molar-refractivity contribution in [2.75, 3.05) is 0 Å². The minimum Gasteiger partial charge on any atom is -0.231 e. The fourth-order valence-electron chi connectivity index (χ4n) is 1.15. The Hall–Kier alpha value is -0.930. The van der Waals surface area contributed by atoms with E-state index < -0.39 is 5.82 Å². The molecule has 0 aliphatic carbocycles. The Morgan fingerprint density at radius 1 is 1.14 bits per heavy atom. The van der Waals surface area contributed by atoms with Crippen LogP contribution in [0.2, 0.25) is 10.3 Å². The smallest absolute Gasteiger partial charge is 0.167 e. The normalized spacial score (nSPS) is 10.9. The van der Waals surface area contributed by atoms with E-state index in [1.165, 1.54) is 0 Å². The van der Waals surface area contributed by atoms with Crippen molar-refractivity contribution >= 4 is 34.2 Å². The van der Waals surface area contributed by atoms with Gasteiger partial charge in [-0.3, -0.25) is 0 Å². The number of hydrogen-bond donors (Lipinski definition) is 0. The van der Waals surface area contributed by atoms with Crippen LogP contribution in [-0.2, 0) is 0 Å². The molecule has 0 saturated heterocycles. The van der Waals surface area contributed by atoms with Crippen molar-refractivity contribution in [2.24, 2.45) is 0 Å². The van der Waals surface area contributed by atoms with Crippen LogP contribution in [0.25, 0.3) is 11.0 Å². The molecule has 0 fully saturated rings. The van der Waals surface area contributed by atoms with Gasteiger partial charge in [0.2, 0.25) is 0 Å². The Balaban J connectivity index is 2.89. The maximum Gasteiger partial charge on any atom is 0.167 e. The third-order valence-electron chi connectivity index (χ3n) is 1.89. The number of aryl methyl sites for hydroxylation is 1. The summed E-state index contributed by atoms with van der Waals surface area (Å²) in [5.41, 5.74) is 1.06. The lowest BCUT2D eigenvalue weighted by atomic mass is 10.2. The highest BCUT2D eigenvalue weighted by atomic mass is 35.5. The van der Waals surface area contributed by atoms with E-state index in [0.717, 1.165) is 0 Å².